The molecule has 94 valence electrons. The first-order chi connectivity index (χ1) is 7.58. The van der Waals surface area contributed by atoms with Crippen molar-refractivity contribution in [2.75, 3.05) is 6.61 Å². The van der Waals surface area contributed by atoms with Gasteiger partial charge in [-0.15, -0.1) is 0 Å². The van der Waals surface area contributed by atoms with Crippen LogP contribution in [0.3, 0.4) is 0 Å². The second-order valence-electron chi connectivity index (χ2n) is 3.86. The van der Waals surface area contributed by atoms with Crippen LogP contribution in [0, 0.1) is 0 Å². The highest BCUT2D eigenvalue weighted by atomic mass is 16.5. The van der Waals surface area contributed by atoms with Gasteiger partial charge in [0.15, 0.2) is 0 Å². The molecule has 1 heterocycles. The van der Waals surface area contributed by atoms with Crippen molar-refractivity contribution < 1.29 is 20.1 Å². The minimum Gasteiger partial charge on any atom is -0.401 e. The summed E-state index contributed by atoms with van der Waals surface area (Å²) in [6, 6.07) is 0. The molecular formula is C9H19N3O4. The van der Waals surface area contributed by atoms with Gasteiger partial charge >= 0.3 is 0 Å². The molecular weight excluding hydrogens is 214 g/mol. The van der Waals surface area contributed by atoms with Gasteiger partial charge in [0.25, 0.3) is 0 Å². The van der Waals surface area contributed by atoms with E-state index >= 15 is 0 Å². The molecule has 0 radical (unpaired) electrons. The van der Waals surface area contributed by atoms with Crippen LogP contribution in [0.5, 0.6) is 0 Å². The highest BCUT2D eigenvalue weighted by molar-refractivity contribution is 4.98. The molecule has 0 aliphatic carbocycles. The first kappa shape index (κ1) is 13.2. The number of nitrogens with one attached hydrogen (secondary N) is 1. The van der Waals surface area contributed by atoms with Crippen molar-refractivity contribution in [2.45, 2.75) is 37.3 Å². The molecule has 0 saturated carbocycles. The lowest BCUT2D eigenvalue weighted by molar-refractivity contribution is -0.178. The van der Waals surface area contributed by atoms with Crippen LogP contribution in [-0.4, -0.2) is 46.3 Å². The fourth-order valence-corrected chi connectivity index (χ4v) is 1.75. The van der Waals surface area contributed by atoms with Crippen molar-refractivity contribution in [1.29, 1.82) is 0 Å². The van der Waals surface area contributed by atoms with E-state index in [1.165, 1.54) is 6.20 Å². The maximum absolute atomic E-state index is 9.55. The van der Waals surface area contributed by atoms with Gasteiger partial charge in [-0.3, -0.25) is 5.84 Å². The van der Waals surface area contributed by atoms with E-state index in [9.17, 15) is 10.2 Å². The number of aliphatic hydroxyl groups excluding tert-OH is 3. The van der Waals surface area contributed by atoms with Crippen molar-refractivity contribution >= 4 is 0 Å². The molecule has 1 fully saturated rings. The largest absolute Gasteiger partial charge is 0.401 e. The molecule has 4 atom stereocenters. The minimum absolute atomic E-state index is 0.275. The highest BCUT2D eigenvalue weighted by Crippen LogP contribution is 2.23. The number of rotatable bonds is 4. The van der Waals surface area contributed by atoms with Crippen LogP contribution in [0.15, 0.2) is 11.9 Å². The van der Waals surface area contributed by atoms with E-state index in [0.29, 0.717) is 12.1 Å². The van der Waals surface area contributed by atoms with Crippen molar-refractivity contribution in [3.8, 4) is 0 Å². The van der Waals surface area contributed by atoms with Gasteiger partial charge < -0.3 is 31.2 Å². The Morgan fingerprint density at radius 1 is 1.50 bits per heavy atom. The van der Waals surface area contributed by atoms with Crippen LogP contribution in [0.25, 0.3) is 0 Å². The van der Waals surface area contributed by atoms with E-state index in [-0.39, 0.29) is 19.1 Å². The van der Waals surface area contributed by atoms with Gasteiger partial charge in [0, 0.05) is 24.7 Å². The van der Waals surface area contributed by atoms with Gasteiger partial charge in [-0.2, -0.15) is 0 Å². The Kier molecular flexibility index (Phi) is 4.97. The molecule has 0 amide bonds. The zero-order valence-electron chi connectivity index (χ0n) is 8.91. The van der Waals surface area contributed by atoms with E-state index in [1.54, 1.807) is 0 Å². The summed E-state index contributed by atoms with van der Waals surface area (Å²) >= 11 is 0. The van der Waals surface area contributed by atoms with Gasteiger partial charge in [0.1, 0.15) is 12.2 Å². The number of ether oxygens (including phenoxy) is 1. The van der Waals surface area contributed by atoms with Crippen LogP contribution in [0.2, 0.25) is 0 Å². The van der Waals surface area contributed by atoms with Crippen molar-refractivity contribution in [3.63, 3.8) is 0 Å². The molecule has 1 aliphatic rings. The standard InChI is InChI=1S/C9H19N3O4/c10-5(3-12-11)1-6-2-7(14)9(15)8(4-13)16-6/h3,6-9,12-15H,1-2,4,10-11H2/b5-3-. The van der Waals surface area contributed by atoms with Gasteiger partial charge in [-0.1, -0.05) is 0 Å². The molecule has 8 N–H and O–H groups in total. The van der Waals surface area contributed by atoms with Crippen LogP contribution in [0.1, 0.15) is 12.8 Å². The maximum Gasteiger partial charge on any atom is 0.109 e. The van der Waals surface area contributed by atoms with Crippen LogP contribution in [-0.2, 0) is 4.74 Å². The lowest BCUT2D eigenvalue weighted by Gasteiger charge is -2.36. The Morgan fingerprint density at radius 2 is 2.19 bits per heavy atom. The second kappa shape index (κ2) is 6.02. The molecule has 7 heteroatoms. The first-order valence-corrected chi connectivity index (χ1v) is 5.11. The summed E-state index contributed by atoms with van der Waals surface area (Å²) in [4.78, 5) is 0. The molecule has 1 rings (SSSR count). The van der Waals surface area contributed by atoms with Gasteiger partial charge in [0.2, 0.25) is 0 Å². The molecule has 16 heavy (non-hydrogen) atoms. The molecule has 4 unspecified atom stereocenters. The van der Waals surface area contributed by atoms with Crippen molar-refractivity contribution in [3.05, 3.63) is 11.9 Å². The third-order valence-electron chi connectivity index (χ3n) is 2.56. The summed E-state index contributed by atoms with van der Waals surface area (Å²) in [5.74, 6) is 5.06. The average molecular weight is 233 g/mol. The van der Waals surface area contributed by atoms with Gasteiger partial charge in [-0.25, -0.2) is 0 Å². The molecule has 0 bridgehead atoms. The number of hydrazine groups is 1. The van der Waals surface area contributed by atoms with Gasteiger partial charge in [-0.05, 0) is 0 Å². The zero-order chi connectivity index (χ0) is 12.1. The fraction of sp³-hybridized carbons (Fsp3) is 0.778. The molecule has 0 spiro atoms. The Hall–Kier alpha value is -0.860. The van der Waals surface area contributed by atoms with Gasteiger partial charge in [0.05, 0.1) is 18.8 Å². The first-order valence-electron chi connectivity index (χ1n) is 5.11. The molecule has 0 aromatic heterocycles. The third kappa shape index (κ3) is 3.32. The molecule has 1 saturated heterocycles. The summed E-state index contributed by atoms with van der Waals surface area (Å²) in [7, 11) is 0. The third-order valence-corrected chi connectivity index (χ3v) is 2.56. The van der Waals surface area contributed by atoms with E-state index < -0.39 is 18.3 Å². The number of hydrogen-bond donors (Lipinski definition) is 6. The molecule has 0 aromatic rings. The lowest BCUT2D eigenvalue weighted by atomic mass is 9.96. The fourth-order valence-electron chi connectivity index (χ4n) is 1.75. The minimum atomic E-state index is -1.06. The van der Waals surface area contributed by atoms with E-state index in [1.807, 2.05) is 0 Å². The summed E-state index contributed by atoms with van der Waals surface area (Å²) in [5, 5.41) is 28.0. The highest BCUT2D eigenvalue weighted by Gasteiger charge is 2.36. The molecule has 1 aliphatic heterocycles. The summed E-state index contributed by atoms with van der Waals surface area (Å²) in [5.41, 5.74) is 8.39. The predicted octanol–water partition coefficient (Wildman–Crippen LogP) is -2.49. The number of nitrogens with two attached hydrogens (primary N) is 2. The molecule has 7 nitrogen and oxygen atoms in total. The summed E-state index contributed by atoms with van der Waals surface area (Å²) < 4.78 is 5.39. The van der Waals surface area contributed by atoms with Crippen LogP contribution < -0.4 is 17.0 Å². The number of hydrogen-bond acceptors (Lipinski definition) is 7. The van der Waals surface area contributed by atoms with E-state index in [2.05, 4.69) is 5.43 Å². The average Bonchev–Trinajstić information content (AvgIpc) is 2.23. The topological polar surface area (TPSA) is 134 Å². The second-order valence-corrected chi connectivity index (χ2v) is 3.86. The Bertz CT molecular complexity index is 249. The summed E-state index contributed by atoms with van der Waals surface area (Å²) in [6.07, 6.45) is -0.989. The SMILES string of the molecule is NN/C=C(\N)CC1CC(O)C(O)C(CO)O1. The van der Waals surface area contributed by atoms with Crippen molar-refractivity contribution in [2.24, 2.45) is 11.6 Å². The van der Waals surface area contributed by atoms with E-state index in [4.69, 9.17) is 21.4 Å². The van der Waals surface area contributed by atoms with E-state index in [0.717, 1.165) is 0 Å². The number of aliphatic hydroxyl groups is 3. The Balaban J connectivity index is 2.53. The van der Waals surface area contributed by atoms with Crippen molar-refractivity contribution in [1.82, 2.24) is 5.43 Å². The normalized spacial score (nSPS) is 36.1. The monoisotopic (exact) mass is 233 g/mol. The lowest BCUT2D eigenvalue weighted by Crippen LogP contribution is -2.50. The Labute approximate surface area is 93.7 Å². The maximum atomic E-state index is 9.55. The van der Waals surface area contributed by atoms with Crippen LogP contribution >= 0.6 is 0 Å². The Morgan fingerprint density at radius 3 is 2.75 bits per heavy atom. The van der Waals surface area contributed by atoms with Crippen LogP contribution in [0.4, 0.5) is 0 Å². The predicted molar refractivity (Wildman–Crippen MR) is 56.6 cm³/mol. The summed E-state index contributed by atoms with van der Waals surface area (Å²) in [6.45, 7) is -0.340. The smallest absolute Gasteiger partial charge is 0.109 e. The quantitative estimate of drug-likeness (QED) is 0.234. The molecule has 0 aromatic carbocycles. The zero-order valence-corrected chi connectivity index (χ0v) is 8.91.